The van der Waals surface area contributed by atoms with Gasteiger partial charge in [-0.15, -0.1) is 0 Å². The third kappa shape index (κ3) is 2.91. The Balaban J connectivity index is 2.59. The van der Waals surface area contributed by atoms with Gasteiger partial charge in [0.1, 0.15) is 5.15 Å². The van der Waals surface area contributed by atoms with Crippen molar-refractivity contribution in [3.05, 3.63) is 34.1 Å². The summed E-state index contributed by atoms with van der Waals surface area (Å²) in [6, 6.07) is 5.16. The number of halogens is 2. The van der Waals surface area contributed by atoms with Gasteiger partial charge in [-0.05, 0) is 25.1 Å². The molecular formula is C13H12Cl2N2O2. The van der Waals surface area contributed by atoms with Crippen LogP contribution in [0.5, 0.6) is 11.5 Å². The van der Waals surface area contributed by atoms with E-state index in [1.54, 1.807) is 25.3 Å². The molecule has 0 aliphatic rings. The van der Waals surface area contributed by atoms with Gasteiger partial charge in [0.2, 0.25) is 0 Å². The molecule has 0 aliphatic carbocycles. The fourth-order valence-corrected chi connectivity index (χ4v) is 2.23. The van der Waals surface area contributed by atoms with E-state index in [-0.39, 0.29) is 0 Å². The van der Waals surface area contributed by atoms with Crippen molar-refractivity contribution in [1.29, 1.82) is 0 Å². The van der Waals surface area contributed by atoms with Crippen LogP contribution in [0.1, 0.15) is 5.69 Å². The van der Waals surface area contributed by atoms with Crippen LogP contribution < -0.4 is 9.47 Å². The van der Waals surface area contributed by atoms with Crippen molar-refractivity contribution in [3.8, 4) is 22.9 Å². The molecule has 19 heavy (non-hydrogen) atoms. The standard InChI is InChI=1S/C13H12Cl2N2O2/c1-7-4-11(15)17-13(16-7)8-5-9(14)12(19-3)10(6-8)18-2/h4-6H,1-3H3. The number of ether oxygens (including phenoxy) is 2. The van der Waals surface area contributed by atoms with Crippen molar-refractivity contribution >= 4 is 23.2 Å². The zero-order valence-electron chi connectivity index (χ0n) is 10.7. The lowest BCUT2D eigenvalue weighted by Gasteiger charge is -2.11. The lowest BCUT2D eigenvalue weighted by atomic mass is 10.2. The molecule has 0 spiro atoms. The summed E-state index contributed by atoms with van der Waals surface area (Å²) in [5.74, 6) is 1.49. The van der Waals surface area contributed by atoms with Crippen molar-refractivity contribution in [2.45, 2.75) is 6.92 Å². The summed E-state index contributed by atoms with van der Waals surface area (Å²) in [5, 5.41) is 0.812. The van der Waals surface area contributed by atoms with Crippen LogP contribution in [-0.4, -0.2) is 24.2 Å². The maximum absolute atomic E-state index is 6.15. The van der Waals surface area contributed by atoms with Gasteiger partial charge < -0.3 is 9.47 Å². The van der Waals surface area contributed by atoms with Crippen molar-refractivity contribution in [3.63, 3.8) is 0 Å². The highest BCUT2D eigenvalue weighted by Gasteiger charge is 2.14. The minimum absolute atomic E-state index is 0.383. The first-order valence-electron chi connectivity index (χ1n) is 5.48. The molecule has 1 heterocycles. The zero-order chi connectivity index (χ0) is 14.0. The molecule has 6 heteroatoms. The van der Waals surface area contributed by atoms with E-state index in [4.69, 9.17) is 32.7 Å². The Morgan fingerprint density at radius 2 is 1.74 bits per heavy atom. The molecule has 1 aromatic heterocycles. The molecule has 0 N–H and O–H groups in total. The molecule has 0 saturated carbocycles. The molecule has 0 fully saturated rings. The molecule has 0 amide bonds. The number of hydrogen-bond acceptors (Lipinski definition) is 4. The Bertz CT molecular complexity index is 598. The first kappa shape index (κ1) is 13.9. The number of aromatic nitrogens is 2. The molecule has 0 bridgehead atoms. The van der Waals surface area contributed by atoms with E-state index in [1.807, 2.05) is 6.92 Å². The molecular weight excluding hydrogens is 287 g/mol. The van der Waals surface area contributed by atoms with Gasteiger partial charge >= 0.3 is 0 Å². The third-order valence-electron chi connectivity index (χ3n) is 2.51. The number of hydrogen-bond donors (Lipinski definition) is 0. The largest absolute Gasteiger partial charge is 0.493 e. The van der Waals surface area contributed by atoms with E-state index >= 15 is 0 Å². The summed E-state index contributed by atoms with van der Waals surface area (Å²) in [6.45, 7) is 1.85. The van der Waals surface area contributed by atoms with Crippen LogP contribution in [-0.2, 0) is 0 Å². The van der Waals surface area contributed by atoms with Gasteiger partial charge in [-0.2, -0.15) is 0 Å². The van der Waals surface area contributed by atoms with E-state index in [0.29, 0.717) is 33.1 Å². The number of aryl methyl sites for hydroxylation is 1. The normalized spacial score (nSPS) is 10.4. The van der Waals surface area contributed by atoms with Crippen LogP contribution in [0.15, 0.2) is 18.2 Å². The second-order valence-corrected chi connectivity index (χ2v) is 4.64. The molecule has 4 nitrogen and oxygen atoms in total. The smallest absolute Gasteiger partial charge is 0.179 e. The predicted molar refractivity (Wildman–Crippen MR) is 75.3 cm³/mol. The third-order valence-corrected chi connectivity index (χ3v) is 2.99. The highest BCUT2D eigenvalue weighted by Crippen LogP contribution is 2.38. The highest BCUT2D eigenvalue weighted by atomic mass is 35.5. The SMILES string of the molecule is COc1cc(-c2nc(C)cc(Cl)n2)cc(Cl)c1OC. The molecule has 0 radical (unpaired) electrons. The summed E-state index contributed by atoms with van der Waals surface area (Å²) >= 11 is 12.1. The van der Waals surface area contributed by atoms with Crippen molar-refractivity contribution in [2.24, 2.45) is 0 Å². The van der Waals surface area contributed by atoms with Crippen LogP contribution in [0.4, 0.5) is 0 Å². The van der Waals surface area contributed by atoms with E-state index < -0.39 is 0 Å². The van der Waals surface area contributed by atoms with Crippen LogP contribution in [0, 0.1) is 6.92 Å². The molecule has 2 aromatic rings. The van der Waals surface area contributed by atoms with Crippen LogP contribution in [0.2, 0.25) is 10.2 Å². The fourth-order valence-electron chi connectivity index (χ4n) is 1.71. The second kappa shape index (κ2) is 5.63. The number of benzene rings is 1. The lowest BCUT2D eigenvalue weighted by molar-refractivity contribution is 0.355. The number of rotatable bonds is 3. The Morgan fingerprint density at radius 3 is 2.32 bits per heavy atom. The molecule has 0 saturated heterocycles. The zero-order valence-corrected chi connectivity index (χ0v) is 12.2. The summed E-state index contributed by atoms with van der Waals surface area (Å²) in [5.41, 5.74) is 1.49. The lowest BCUT2D eigenvalue weighted by Crippen LogP contribution is -1.96. The maximum Gasteiger partial charge on any atom is 0.179 e. The van der Waals surface area contributed by atoms with Crippen LogP contribution in [0.3, 0.4) is 0 Å². The molecule has 0 unspecified atom stereocenters. The highest BCUT2D eigenvalue weighted by molar-refractivity contribution is 6.32. The minimum Gasteiger partial charge on any atom is -0.493 e. The Kier molecular flexibility index (Phi) is 4.12. The first-order chi connectivity index (χ1) is 9.05. The van der Waals surface area contributed by atoms with E-state index in [0.717, 1.165) is 5.69 Å². The Morgan fingerprint density at radius 1 is 1.00 bits per heavy atom. The number of nitrogens with zero attached hydrogens (tertiary/aromatic N) is 2. The number of methoxy groups -OCH3 is 2. The molecule has 100 valence electrons. The van der Waals surface area contributed by atoms with Gasteiger partial charge in [-0.1, -0.05) is 23.2 Å². The van der Waals surface area contributed by atoms with Gasteiger partial charge in [-0.25, -0.2) is 9.97 Å². The van der Waals surface area contributed by atoms with E-state index in [1.165, 1.54) is 7.11 Å². The molecule has 0 aliphatic heterocycles. The average Bonchev–Trinajstić information content (AvgIpc) is 2.36. The topological polar surface area (TPSA) is 44.2 Å². The monoisotopic (exact) mass is 298 g/mol. The van der Waals surface area contributed by atoms with Crippen LogP contribution >= 0.6 is 23.2 Å². The van der Waals surface area contributed by atoms with Gasteiger partial charge in [0, 0.05) is 11.3 Å². The fraction of sp³-hybridized carbons (Fsp3) is 0.231. The summed E-state index contributed by atoms with van der Waals surface area (Å²) < 4.78 is 10.4. The summed E-state index contributed by atoms with van der Waals surface area (Å²) in [4.78, 5) is 8.50. The van der Waals surface area contributed by atoms with Crippen molar-refractivity contribution < 1.29 is 9.47 Å². The quantitative estimate of drug-likeness (QED) is 0.809. The molecule has 2 rings (SSSR count). The second-order valence-electron chi connectivity index (χ2n) is 3.85. The van der Waals surface area contributed by atoms with Crippen LogP contribution in [0.25, 0.3) is 11.4 Å². The molecule has 0 atom stereocenters. The predicted octanol–water partition coefficient (Wildman–Crippen LogP) is 3.78. The van der Waals surface area contributed by atoms with Gasteiger partial charge in [-0.3, -0.25) is 0 Å². The minimum atomic E-state index is 0.383. The van der Waals surface area contributed by atoms with Crippen molar-refractivity contribution in [2.75, 3.05) is 14.2 Å². The van der Waals surface area contributed by atoms with Gasteiger partial charge in [0.15, 0.2) is 17.3 Å². The Hall–Kier alpha value is -1.52. The maximum atomic E-state index is 6.15. The first-order valence-corrected chi connectivity index (χ1v) is 6.24. The van der Waals surface area contributed by atoms with E-state index in [2.05, 4.69) is 9.97 Å². The molecule has 1 aromatic carbocycles. The van der Waals surface area contributed by atoms with Gasteiger partial charge in [0.25, 0.3) is 0 Å². The van der Waals surface area contributed by atoms with Crippen molar-refractivity contribution in [1.82, 2.24) is 9.97 Å². The van der Waals surface area contributed by atoms with Gasteiger partial charge in [0.05, 0.1) is 19.2 Å². The summed E-state index contributed by atoms with van der Waals surface area (Å²) in [6.07, 6.45) is 0. The average molecular weight is 299 g/mol. The Labute approximate surface area is 121 Å². The summed E-state index contributed by atoms with van der Waals surface area (Å²) in [7, 11) is 3.07. The van der Waals surface area contributed by atoms with E-state index in [9.17, 15) is 0 Å².